The number of benzene rings is 3. The van der Waals surface area contributed by atoms with Gasteiger partial charge in [-0.15, -0.1) is 0 Å². The van der Waals surface area contributed by atoms with Crippen LogP contribution in [0.15, 0.2) is 90.0 Å². The second-order valence-corrected chi connectivity index (χ2v) is 7.87. The van der Waals surface area contributed by atoms with Crippen molar-refractivity contribution in [3.63, 3.8) is 0 Å². The molecule has 2 heterocycles. The lowest BCUT2D eigenvalue weighted by Gasteiger charge is -2.06. The zero-order valence-electron chi connectivity index (χ0n) is 18.6. The average molecular weight is 450 g/mol. The lowest BCUT2D eigenvalue weighted by atomic mass is 10.1. The van der Waals surface area contributed by atoms with Gasteiger partial charge in [0.05, 0.1) is 11.9 Å². The zero-order valence-corrected chi connectivity index (χ0v) is 18.6. The van der Waals surface area contributed by atoms with Crippen LogP contribution < -0.4 is 10.2 Å². The van der Waals surface area contributed by atoms with E-state index in [2.05, 4.69) is 25.7 Å². The van der Waals surface area contributed by atoms with Gasteiger partial charge in [0, 0.05) is 27.7 Å². The summed E-state index contributed by atoms with van der Waals surface area (Å²) in [6.45, 7) is 2.48. The largest absolute Gasteiger partial charge is 0.489 e. The molecule has 0 aliphatic carbocycles. The van der Waals surface area contributed by atoms with Crippen molar-refractivity contribution in [2.45, 2.75) is 13.5 Å². The number of aryl methyl sites for hydroxylation is 1. The number of aromatic amines is 2. The molecule has 3 N–H and O–H groups in total. The Labute approximate surface area is 196 Å². The van der Waals surface area contributed by atoms with Gasteiger partial charge >= 0.3 is 0 Å². The van der Waals surface area contributed by atoms with Gasteiger partial charge in [-0.25, -0.2) is 5.43 Å². The Kier molecular flexibility index (Phi) is 5.90. The Morgan fingerprint density at radius 1 is 1.03 bits per heavy atom. The molecule has 0 spiro atoms. The van der Waals surface area contributed by atoms with Crippen LogP contribution in [0.1, 0.15) is 27.3 Å². The van der Waals surface area contributed by atoms with Crippen LogP contribution in [-0.4, -0.2) is 27.3 Å². The van der Waals surface area contributed by atoms with Crippen molar-refractivity contribution < 1.29 is 9.53 Å². The van der Waals surface area contributed by atoms with E-state index < -0.39 is 0 Å². The summed E-state index contributed by atoms with van der Waals surface area (Å²) < 4.78 is 5.83. The summed E-state index contributed by atoms with van der Waals surface area (Å²) in [5.74, 6) is 0.401. The molecular formula is C27H23N5O2. The third-order valence-corrected chi connectivity index (χ3v) is 5.52. The molecule has 0 aliphatic heterocycles. The van der Waals surface area contributed by atoms with E-state index >= 15 is 0 Å². The molecule has 0 aliphatic rings. The number of rotatable bonds is 7. The molecule has 0 bridgehead atoms. The standard InChI is InChI=1S/C27H23N5O2/c1-18-23(22-9-5-6-10-24(22)29-18)16-28-32-27(33)26-15-25(30-31-26)20-11-13-21(14-12-20)34-17-19-7-3-2-4-8-19/h2-16,29H,17H2,1H3,(H,30,31)(H,32,33). The fourth-order valence-electron chi connectivity index (χ4n) is 3.73. The molecule has 0 unspecified atom stereocenters. The smallest absolute Gasteiger partial charge is 0.289 e. The van der Waals surface area contributed by atoms with Gasteiger partial charge in [0.15, 0.2) is 0 Å². The third kappa shape index (κ3) is 4.59. The van der Waals surface area contributed by atoms with E-state index in [0.717, 1.165) is 39.0 Å². The normalized spacial score (nSPS) is 11.2. The molecule has 5 aromatic rings. The van der Waals surface area contributed by atoms with Crippen molar-refractivity contribution in [2.75, 3.05) is 0 Å². The van der Waals surface area contributed by atoms with Gasteiger partial charge in [-0.3, -0.25) is 9.89 Å². The molecule has 0 saturated carbocycles. The van der Waals surface area contributed by atoms with Gasteiger partial charge in [-0.2, -0.15) is 10.2 Å². The number of hydrazone groups is 1. The van der Waals surface area contributed by atoms with Crippen LogP contribution in [0.3, 0.4) is 0 Å². The number of para-hydroxylation sites is 1. The molecule has 7 nitrogen and oxygen atoms in total. The van der Waals surface area contributed by atoms with Gasteiger partial charge < -0.3 is 9.72 Å². The number of ether oxygens (including phenoxy) is 1. The van der Waals surface area contributed by atoms with E-state index in [4.69, 9.17) is 4.74 Å². The molecule has 2 aromatic heterocycles. The van der Waals surface area contributed by atoms with Crippen LogP contribution in [0.2, 0.25) is 0 Å². The summed E-state index contributed by atoms with van der Waals surface area (Å²) in [4.78, 5) is 15.8. The number of hydrogen-bond donors (Lipinski definition) is 3. The summed E-state index contributed by atoms with van der Waals surface area (Å²) in [6.07, 6.45) is 1.65. The lowest BCUT2D eigenvalue weighted by molar-refractivity contribution is 0.0950. The molecule has 168 valence electrons. The highest BCUT2D eigenvalue weighted by Gasteiger charge is 2.11. The Morgan fingerprint density at radius 2 is 1.79 bits per heavy atom. The van der Waals surface area contributed by atoms with Crippen molar-refractivity contribution in [2.24, 2.45) is 5.10 Å². The summed E-state index contributed by atoms with van der Waals surface area (Å²) in [6, 6.07) is 27.3. The molecule has 3 aromatic carbocycles. The molecule has 1 amide bonds. The molecule has 34 heavy (non-hydrogen) atoms. The summed E-state index contributed by atoms with van der Waals surface area (Å²) in [5, 5.41) is 12.2. The minimum Gasteiger partial charge on any atom is -0.489 e. The van der Waals surface area contributed by atoms with E-state index in [9.17, 15) is 4.79 Å². The number of nitrogens with one attached hydrogen (secondary N) is 3. The second-order valence-electron chi connectivity index (χ2n) is 7.87. The minimum absolute atomic E-state index is 0.326. The van der Waals surface area contributed by atoms with Crippen molar-refractivity contribution in [3.05, 3.63) is 107 Å². The van der Waals surface area contributed by atoms with Gasteiger partial charge in [-0.05, 0) is 48.9 Å². The molecular weight excluding hydrogens is 426 g/mol. The predicted molar refractivity (Wildman–Crippen MR) is 133 cm³/mol. The van der Waals surface area contributed by atoms with Crippen LogP contribution >= 0.6 is 0 Å². The zero-order chi connectivity index (χ0) is 23.3. The third-order valence-electron chi connectivity index (χ3n) is 5.52. The number of H-pyrrole nitrogens is 2. The highest BCUT2D eigenvalue weighted by atomic mass is 16.5. The Bertz CT molecular complexity index is 1450. The fourth-order valence-corrected chi connectivity index (χ4v) is 3.73. The highest BCUT2D eigenvalue weighted by molar-refractivity contribution is 6.01. The van der Waals surface area contributed by atoms with Gasteiger partial charge in [0.2, 0.25) is 0 Å². The quantitative estimate of drug-likeness (QED) is 0.235. The van der Waals surface area contributed by atoms with E-state index in [1.165, 1.54) is 0 Å². The first kappa shape index (κ1) is 21.2. The van der Waals surface area contributed by atoms with Crippen LogP contribution in [-0.2, 0) is 6.61 Å². The Hall–Kier alpha value is -4.65. The number of carbonyl (C=O) groups is 1. The van der Waals surface area contributed by atoms with Gasteiger partial charge in [0.1, 0.15) is 18.1 Å². The number of fused-ring (bicyclic) bond motifs is 1. The Morgan fingerprint density at radius 3 is 2.62 bits per heavy atom. The molecule has 5 rings (SSSR count). The van der Waals surface area contributed by atoms with Crippen LogP contribution in [0.5, 0.6) is 5.75 Å². The SMILES string of the molecule is Cc1[nH]c2ccccc2c1C=NNC(=O)c1cc(-c2ccc(OCc3ccccc3)cc2)n[nH]1. The predicted octanol–water partition coefficient (Wildman–Crippen LogP) is 5.21. The molecule has 0 fully saturated rings. The number of hydrogen-bond acceptors (Lipinski definition) is 4. The maximum atomic E-state index is 12.5. The minimum atomic E-state index is -0.365. The maximum Gasteiger partial charge on any atom is 0.289 e. The molecule has 0 saturated heterocycles. The first-order valence-electron chi connectivity index (χ1n) is 10.9. The van der Waals surface area contributed by atoms with Crippen LogP contribution in [0.4, 0.5) is 0 Å². The van der Waals surface area contributed by atoms with Gasteiger partial charge in [0.25, 0.3) is 5.91 Å². The van der Waals surface area contributed by atoms with Crippen molar-refractivity contribution >= 4 is 23.0 Å². The highest BCUT2D eigenvalue weighted by Crippen LogP contribution is 2.22. The summed E-state index contributed by atoms with van der Waals surface area (Å²) >= 11 is 0. The summed E-state index contributed by atoms with van der Waals surface area (Å²) in [7, 11) is 0. The first-order valence-corrected chi connectivity index (χ1v) is 10.9. The van der Waals surface area contributed by atoms with Crippen LogP contribution in [0.25, 0.3) is 22.2 Å². The van der Waals surface area contributed by atoms with Crippen molar-refractivity contribution in [3.8, 4) is 17.0 Å². The lowest BCUT2D eigenvalue weighted by Crippen LogP contribution is -2.18. The first-order chi connectivity index (χ1) is 16.7. The number of carbonyl (C=O) groups excluding carboxylic acids is 1. The Balaban J connectivity index is 1.21. The number of aromatic nitrogens is 3. The van der Waals surface area contributed by atoms with E-state index in [-0.39, 0.29) is 5.91 Å². The fraction of sp³-hybridized carbons (Fsp3) is 0.0741. The van der Waals surface area contributed by atoms with Crippen molar-refractivity contribution in [1.82, 2.24) is 20.6 Å². The maximum absolute atomic E-state index is 12.5. The molecule has 0 radical (unpaired) electrons. The topological polar surface area (TPSA) is 95.2 Å². The summed E-state index contributed by atoms with van der Waals surface area (Å²) in [5.41, 5.74) is 8.49. The van der Waals surface area contributed by atoms with Gasteiger partial charge in [-0.1, -0.05) is 48.5 Å². The van der Waals surface area contributed by atoms with E-state index in [1.807, 2.05) is 85.8 Å². The molecule has 7 heteroatoms. The number of amides is 1. The van der Waals surface area contributed by atoms with Crippen LogP contribution in [0, 0.1) is 6.92 Å². The monoisotopic (exact) mass is 449 g/mol. The van der Waals surface area contributed by atoms with E-state index in [0.29, 0.717) is 18.0 Å². The van der Waals surface area contributed by atoms with E-state index in [1.54, 1.807) is 12.3 Å². The van der Waals surface area contributed by atoms with Crippen molar-refractivity contribution in [1.29, 1.82) is 0 Å². The molecule has 0 atom stereocenters. The average Bonchev–Trinajstić information content (AvgIpc) is 3.49. The second kappa shape index (κ2) is 9.46. The number of nitrogens with zero attached hydrogens (tertiary/aromatic N) is 2.